The number of allylic oxidation sites excluding steroid dienone is 3. The Morgan fingerprint density at radius 2 is 2.11 bits per heavy atom. The summed E-state index contributed by atoms with van der Waals surface area (Å²) in [5.41, 5.74) is 0.798. The van der Waals surface area contributed by atoms with Crippen LogP contribution < -0.4 is 4.74 Å². The van der Waals surface area contributed by atoms with Crippen LogP contribution in [0, 0.1) is 4.91 Å². The van der Waals surface area contributed by atoms with Gasteiger partial charge in [0.2, 0.25) is 0 Å². The second kappa shape index (κ2) is 9.16. The van der Waals surface area contributed by atoms with Gasteiger partial charge in [0.05, 0.1) is 6.26 Å². The monoisotopic (exact) mass is 245 g/mol. The van der Waals surface area contributed by atoms with Gasteiger partial charge in [-0.2, -0.15) is 4.91 Å². The van der Waals surface area contributed by atoms with Crippen molar-refractivity contribution in [3.8, 4) is 5.75 Å². The van der Waals surface area contributed by atoms with Gasteiger partial charge in [0.1, 0.15) is 12.3 Å². The number of nitrogens with zero attached hydrogens (tertiary/aromatic N) is 1. The zero-order chi connectivity index (χ0) is 13.1. The average molecular weight is 245 g/mol. The number of unbranched alkanes of at least 4 members (excludes halogenated alkanes) is 2. The molecular weight excluding hydrogens is 226 g/mol. The maximum Gasteiger partial charge on any atom is 0.131 e. The minimum Gasteiger partial charge on any atom is -0.465 e. The number of benzene rings is 1. The van der Waals surface area contributed by atoms with E-state index in [9.17, 15) is 4.91 Å². The molecule has 18 heavy (non-hydrogen) atoms. The van der Waals surface area contributed by atoms with Gasteiger partial charge in [-0.1, -0.05) is 55.3 Å². The highest BCUT2D eigenvalue weighted by atomic mass is 16.5. The Morgan fingerprint density at radius 3 is 2.89 bits per heavy atom. The lowest BCUT2D eigenvalue weighted by atomic mass is 10.2. The molecule has 0 aliphatic carbocycles. The molecule has 0 bridgehead atoms. The van der Waals surface area contributed by atoms with Crippen LogP contribution in [0.3, 0.4) is 0 Å². The van der Waals surface area contributed by atoms with Crippen LogP contribution >= 0.6 is 0 Å². The molecule has 0 aliphatic rings. The van der Waals surface area contributed by atoms with Gasteiger partial charge in [-0.15, -0.1) is 0 Å². The minimum atomic E-state index is 0.135. The quantitative estimate of drug-likeness (QED) is 0.291. The molecule has 0 amide bonds. The van der Waals surface area contributed by atoms with Crippen LogP contribution in [-0.2, 0) is 6.54 Å². The Morgan fingerprint density at radius 1 is 1.28 bits per heavy atom. The normalized spacial score (nSPS) is 11.2. The highest BCUT2D eigenvalue weighted by Crippen LogP contribution is 2.18. The average Bonchev–Trinajstić information content (AvgIpc) is 2.40. The van der Waals surface area contributed by atoms with Gasteiger partial charge >= 0.3 is 0 Å². The third kappa shape index (κ3) is 5.43. The smallest absolute Gasteiger partial charge is 0.131 e. The van der Waals surface area contributed by atoms with Gasteiger partial charge in [0.25, 0.3) is 0 Å². The van der Waals surface area contributed by atoms with Crippen molar-refractivity contribution in [1.29, 1.82) is 0 Å². The molecule has 0 fully saturated rings. The Bertz CT molecular complexity index is 411. The number of rotatable bonds is 8. The molecule has 0 aromatic heterocycles. The lowest BCUT2D eigenvalue weighted by Crippen LogP contribution is -1.88. The third-order valence-electron chi connectivity index (χ3n) is 2.45. The van der Waals surface area contributed by atoms with E-state index >= 15 is 0 Å². The summed E-state index contributed by atoms with van der Waals surface area (Å²) in [6.07, 6.45) is 11.0. The van der Waals surface area contributed by atoms with E-state index in [1.807, 2.05) is 36.4 Å². The highest BCUT2D eigenvalue weighted by molar-refractivity contribution is 5.33. The van der Waals surface area contributed by atoms with Crippen molar-refractivity contribution in [1.82, 2.24) is 0 Å². The largest absolute Gasteiger partial charge is 0.465 e. The highest BCUT2D eigenvalue weighted by Gasteiger charge is 2.00. The summed E-state index contributed by atoms with van der Waals surface area (Å²) in [5, 5.41) is 2.88. The van der Waals surface area contributed by atoms with E-state index in [4.69, 9.17) is 4.74 Å². The molecule has 1 rings (SSSR count). The molecule has 0 spiro atoms. The summed E-state index contributed by atoms with van der Waals surface area (Å²) in [7, 11) is 0. The lowest BCUT2D eigenvalue weighted by Gasteiger charge is -2.03. The number of nitroso groups, excluding NO2 is 1. The van der Waals surface area contributed by atoms with E-state index < -0.39 is 0 Å². The maximum atomic E-state index is 10.3. The lowest BCUT2D eigenvalue weighted by molar-refractivity contribution is 0.475. The van der Waals surface area contributed by atoms with Gasteiger partial charge in [-0.05, 0) is 18.6 Å². The molecule has 0 saturated carbocycles. The predicted molar refractivity (Wildman–Crippen MR) is 74.4 cm³/mol. The van der Waals surface area contributed by atoms with E-state index in [-0.39, 0.29) is 6.54 Å². The number of para-hydroxylation sites is 1. The molecule has 0 radical (unpaired) electrons. The summed E-state index contributed by atoms with van der Waals surface area (Å²) >= 11 is 0. The molecule has 0 atom stereocenters. The van der Waals surface area contributed by atoms with E-state index in [0.29, 0.717) is 5.75 Å². The van der Waals surface area contributed by atoms with Gasteiger partial charge in [0.15, 0.2) is 0 Å². The fourth-order valence-corrected chi connectivity index (χ4v) is 1.47. The van der Waals surface area contributed by atoms with Crippen molar-refractivity contribution in [2.24, 2.45) is 5.18 Å². The molecule has 3 heteroatoms. The molecule has 0 aliphatic heterocycles. The van der Waals surface area contributed by atoms with Crippen LogP contribution in [0.15, 0.2) is 53.9 Å². The first-order chi connectivity index (χ1) is 8.88. The van der Waals surface area contributed by atoms with Crippen molar-refractivity contribution < 1.29 is 4.74 Å². The fraction of sp³-hybridized carbons (Fsp3) is 0.333. The molecule has 3 nitrogen and oxygen atoms in total. The van der Waals surface area contributed by atoms with Crippen LogP contribution in [0.5, 0.6) is 5.75 Å². The van der Waals surface area contributed by atoms with Crippen LogP contribution in [0.1, 0.15) is 31.7 Å². The van der Waals surface area contributed by atoms with E-state index in [0.717, 1.165) is 12.0 Å². The van der Waals surface area contributed by atoms with Crippen molar-refractivity contribution in [2.75, 3.05) is 0 Å². The molecule has 1 aromatic carbocycles. The third-order valence-corrected chi connectivity index (χ3v) is 2.45. The molecule has 0 heterocycles. The van der Waals surface area contributed by atoms with E-state index in [2.05, 4.69) is 18.2 Å². The van der Waals surface area contributed by atoms with Crippen molar-refractivity contribution in [3.05, 3.63) is 59.2 Å². The van der Waals surface area contributed by atoms with Gasteiger partial charge < -0.3 is 4.74 Å². The van der Waals surface area contributed by atoms with Crippen LogP contribution in [0.2, 0.25) is 0 Å². The maximum absolute atomic E-state index is 10.3. The second-order valence-corrected chi connectivity index (χ2v) is 3.91. The molecule has 0 unspecified atom stereocenters. The Labute approximate surface area is 108 Å². The minimum absolute atomic E-state index is 0.135. The Hall–Kier alpha value is -1.90. The van der Waals surface area contributed by atoms with Gasteiger partial charge in [0, 0.05) is 5.56 Å². The van der Waals surface area contributed by atoms with Crippen LogP contribution in [0.4, 0.5) is 0 Å². The van der Waals surface area contributed by atoms with E-state index in [1.54, 1.807) is 6.26 Å². The van der Waals surface area contributed by atoms with Gasteiger partial charge in [-0.3, -0.25) is 0 Å². The standard InChI is InChI=1S/C15H19NO2/c1-2-3-4-5-6-9-12-18-15-11-8-7-10-14(15)13-16-17/h5-12H,2-4,13H2,1H3. The van der Waals surface area contributed by atoms with E-state index in [1.165, 1.54) is 12.8 Å². The van der Waals surface area contributed by atoms with Crippen molar-refractivity contribution in [3.63, 3.8) is 0 Å². The zero-order valence-electron chi connectivity index (χ0n) is 10.7. The molecule has 0 saturated heterocycles. The number of ether oxygens (including phenoxy) is 1. The summed E-state index contributed by atoms with van der Waals surface area (Å²) in [6, 6.07) is 7.39. The topological polar surface area (TPSA) is 38.7 Å². The second-order valence-electron chi connectivity index (χ2n) is 3.91. The summed E-state index contributed by atoms with van der Waals surface area (Å²) < 4.78 is 5.47. The number of hydrogen-bond acceptors (Lipinski definition) is 3. The zero-order valence-corrected chi connectivity index (χ0v) is 10.7. The van der Waals surface area contributed by atoms with Crippen molar-refractivity contribution >= 4 is 0 Å². The number of hydrogen-bond donors (Lipinski definition) is 0. The first kappa shape index (κ1) is 14.2. The molecule has 1 aromatic rings. The van der Waals surface area contributed by atoms with Crippen LogP contribution in [0.25, 0.3) is 0 Å². The van der Waals surface area contributed by atoms with Gasteiger partial charge in [-0.25, -0.2) is 0 Å². The Kier molecular flexibility index (Phi) is 7.21. The first-order valence-electron chi connectivity index (χ1n) is 6.23. The molecular formula is C15H19NO2. The SMILES string of the molecule is CCCCC=CC=COc1ccccc1CN=O. The predicted octanol–water partition coefficient (Wildman–Crippen LogP) is 4.59. The fourth-order valence-electron chi connectivity index (χ4n) is 1.47. The summed E-state index contributed by atoms with van der Waals surface area (Å²) in [4.78, 5) is 10.3. The van der Waals surface area contributed by atoms with Crippen molar-refractivity contribution in [2.45, 2.75) is 32.7 Å². The molecule has 0 N–H and O–H groups in total. The summed E-state index contributed by atoms with van der Waals surface area (Å²) in [5.74, 6) is 0.676. The summed E-state index contributed by atoms with van der Waals surface area (Å²) in [6.45, 7) is 2.31. The Balaban J connectivity index is 2.45. The van der Waals surface area contributed by atoms with Crippen LogP contribution in [-0.4, -0.2) is 0 Å². The first-order valence-corrected chi connectivity index (χ1v) is 6.23. The molecule has 96 valence electrons.